The summed E-state index contributed by atoms with van der Waals surface area (Å²) in [7, 11) is -0.462. The van der Waals surface area contributed by atoms with Gasteiger partial charge in [0.2, 0.25) is 0 Å². The molecule has 1 unspecified atom stereocenters. The van der Waals surface area contributed by atoms with Crippen LogP contribution in [0.3, 0.4) is 0 Å². The van der Waals surface area contributed by atoms with Gasteiger partial charge in [0, 0.05) is 12.5 Å². The van der Waals surface area contributed by atoms with Crippen molar-refractivity contribution in [2.45, 2.75) is 38.0 Å². The van der Waals surface area contributed by atoms with Gasteiger partial charge in [-0.15, -0.1) is 0 Å². The number of methoxy groups -OCH3 is 2. The zero-order chi connectivity index (χ0) is 19.8. The van der Waals surface area contributed by atoms with Gasteiger partial charge in [0.15, 0.2) is 0 Å². The van der Waals surface area contributed by atoms with Crippen molar-refractivity contribution in [3.05, 3.63) is 48.0 Å². The van der Waals surface area contributed by atoms with Gasteiger partial charge in [0.25, 0.3) is 10.0 Å². The van der Waals surface area contributed by atoms with Crippen LogP contribution in [0.2, 0.25) is 0 Å². The van der Waals surface area contributed by atoms with E-state index in [1.807, 2.05) is 18.2 Å². The second kappa shape index (κ2) is 7.08. The summed E-state index contributed by atoms with van der Waals surface area (Å²) in [6, 6.07) is 12.2. The fraction of sp³-hybridized carbons (Fsp3) is 0.429. The Hall–Kier alpha value is -2.21. The summed E-state index contributed by atoms with van der Waals surface area (Å²) in [6.07, 6.45) is 0.891. The first-order valence-corrected chi connectivity index (χ1v) is 10.4. The molecule has 0 spiro atoms. The second-order valence-corrected chi connectivity index (χ2v) is 9.96. The van der Waals surface area contributed by atoms with E-state index in [1.165, 1.54) is 4.31 Å². The Morgan fingerprint density at radius 1 is 1.00 bits per heavy atom. The lowest BCUT2D eigenvalue weighted by Crippen LogP contribution is -2.30. The molecule has 0 saturated carbocycles. The van der Waals surface area contributed by atoms with Gasteiger partial charge in [-0.05, 0) is 59.9 Å². The summed E-state index contributed by atoms with van der Waals surface area (Å²) in [5.74, 6) is 1.51. The quantitative estimate of drug-likeness (QED) is 0.759. The third-order valence-corrected chi connectivity index (χ3v) is 6.63. The van der Waals surface area contributed by atoms with Crippen LogP contribution in [0.5, 0.6) is 11.5 Å². The van der Waals surface area contributed by atoms with Crippen molar-refractivity contribution in [3.63, 3.8) is 0 Å². The number of rotatable bonds is 5. The van der Waals surface area contributed by atoms with Crippen LogP contribution in [0.1, 0.15) is 38.7 Å². The molecule has 146 valence electrons. The van der Waals surface area contributed by atoms with E-state index in [-0.39, 0.29) is 16.2 Å². The fourth-order valence-corrected chi connectivity index (χ4v) is 5.16. The zero-order valence-electron chi connectivity index (χ0n) is 16.5. The average Bonchev–Trinajstić information content (AvgIpc) is 2.98. The molecule has 0 aromatic heterocycles. The number of fused-ring (bicyclic) bond motifs is 1. The summed E-state index contributed by atoms with van der Waals surface area (Å²) in [4.78, 5) is 0.265. The van der Waals surface area contributed by atoms with Gasteiger partial charge in [-0.3, -0.25) is 4.31 Å². The van der Waals surface area contributed by atoms with Crippen LogP contribution in [0.4, 0.5) is 5.69 Å². The minimum atomic E-state index is -3.65. The van der Waals surface area contributed by atoms with E-state index in [1.54, 1.807) is 38.5 Å². The Morgan fingerprint density at radius 3 is 2.15 bits per heavy atom. The Labute approximate surface area is 162 Å². The Morgan fingerprint density at radius 2 is 1.59 bits per heavy atom. The first-order valence-electron chi connectivity index (χ1n) is 9.00. The molecule has 6 heteroatoms. The number of anilines is 1. The van der Waals surface area contributed by atoms with Crippen molar-refractivity contribution in [1.82, 2.24) is 0 Å². The first kappa shape index (κ1) is 19.5. The molecule has 3 rings (SSSR count). The van der Waals surface area contributed by atoms with E-state index in [0.717, 1.165) is 23.4 Å². The molecule has 27 heavy (non-hydrogen) atoms. The number of benzene rings is 2. The number of nitrogens with zero attached hydrogens (tertiary/aromatic N) is 1. The maximum absolute atomic E-state index is 13.3. The Balaban J connectivity index is 2.03. The van der Waals surface area contributed by atoms with Crippen LogP contribution < -0.4 is 13.8 Å². The largest absolute Gasteiger partial charge is 0.497 e. The number of ether oxygens (including phenoxy) is 2. The van der Waals surface area contributed by atoms with Gasteiger partial charge in [-0.2, -0.15) is 0 Å². The van der Waals surface area contributed by atoms with Gasteiger partial charge in [-0.25, -0.2) is 8.42 Å². The minimum absolute atomic E-state index is 0.0882. The van der Waals surface area contributed by atoms with Crippen LogP contribution in [-0.4, -0.2) is 29.2 Å². The molecule has 0 fully saturated rings. The molecule has 0 amide bonds. The standard InChI is InChI=1S/C21H27NO4S/c1-21(2,3)13-15-14-22(20-11-8-17(26-5)12-19(15)20)27(23,24)18-9-6-16(25-4)7-10-18/h6-12,15H,13-14H2,1-5H3. The summed E-state index contributed by atoms with van der Waals surface area (Å²) in [5.41, 5.74) is 1.85. The van der Waals surface area contributed by atoms with Crippen LogP contribution in [0.25, 0.3) is 0 Å². The van der Waals surface area contributed by atoms with Gasteiger partial charge >= 0.3 is 0 Å². The molecule has 0 bridgehead atoms. The third-order valence-electron chi connectivity index (χ3n) is 4.84. The summed E-state index contributed by atoms with van der Waals surface area (Å²) in [5, 5.41) is 0. The predicted molar refractivity (Wildman–Crippen MR) is 107 cm³/mol. The molecule has 1 aliphatic rings. The molecule has 2 aromatic carbocycles. The van der Waals surface area contributed by atoms with Crippen molar-refractivity contribution < 1.29 is 17.9 Å². The molecule has 0 radical (unpaired) electrons. The van der Waals surface area contributed by atoms with E-state index in [4.69, 9.17) is 9.47 Å². The van der Waals surface area contributed by atoms with E-state index in [9.17, 15) is 8.42 Å². The smallest absolute Gasteiger partial charge is 0.264 e. The summed E-state index contributed by atoms with van der Waals surface area (Å²) < 4.78 is 38.7. The zero-order valence-corrected chi connectivity index (χ0v) is 17.3. The lowest BCUT2D eigenvalue weighted by atomic mass is 9.82. The van der Waals surface area contributed by atoms with Gasteiger partial charge in [0.1, 0.15) is 11.5 Å². The number of sulfonamides is 1. The molecule has 2 aromatic rings. The Bertz CT molecular complexity index is 914. The van der Waals surface area contributed by atoms with Crippen LogP contribution >= 0.6 is 0 Å². The molecule has 0 saturated heterocycles. The van der Waals surface area contributed by atoms with Crippen molar-refractivity contribution in [3.8, 4) is 11.5 Å². The lowest BCUT2D eigenvalue weighted by Gasteiger charge is -2.24. The maximum atomic E-state index is 13.3. The average molecular weight is 390 g/mol. The maximum Gasteiger partial charge on any atom is 0.264 e. The van der Waals surface area contributed by atoms with Gasteiger partial charge in [-0.1, -0.05) is 20.8 Å². The normalized spacial score (nSPS) is 16.9. The van der Waals surface area contributed by atoms with E-state index in [0.29, 0.717) is 12.3 Å². The fourth-order valence-electron chi connectivity index (χ4n) is 3.63. The van der Waals surface area contributed by atoms with Gasteiger partial charge in [0.05, 0.1) is 24.8 Å². The highest BCUT2D eigenvalue weighted by molar-refractivity contribution is 7.92. The predicted octanol–water partition coefficient (Wildman–Crippen LogP) is 4.43. The van der Waals surface area contributed by atoms with Gasteiger partial charge < -0.3 is 9.47 Å². The van der Waals surface area contributed by atoms with Crippen LogP contribution in [-0.2, 0) is 10.0 Å². The lowest BCUT2D eigenvalue weighted by molar-refractivity contribution is 0.346. The highest BCUT2D eigenvalue weighted by Crippen LogP contribution is 2.45. The van der Waals surface area contributed by atoms with E-state index >= 15 is 0 Å². The molecule has 1 heterocycles. The van der Waals surface area contributed by atoms with E-state index in [2.05, 4.69) is 20.8 Å². The van der Waals surface area contributed by atoms with E-state index < -0.39 is 10.0 Å². The highest BCUT2D eigenvalue weighted by Gasteiger charge is 2.38. The molecule has 1 atom stereocenters. The monoisotopic (exact) mass is 389 g/mol. The third kappa shape index (κ3) is 3.90. The first-order chi connectivity index (χ1) is 12.7. The molecule has 0 aliphatic carbocycles. The summed E-state index contributed by atoms with van der Waals surface area (Å²) in [6.45, 7) is 6.96. The minimum Gasteiger partial charge on any atom is -0.497 e. The number of hydrogen-bond acceptors (Lipinski definition) is 4. The van der Waals surface area contributed by atoms with Crippen molar-refractivity contribution in [2.24, 2.45) is 5.41 Å². The SMILES string of the molecule is COc1ccc(S(=O)(=O)N2CC(CC(C)(C)C)c3cc(OC)ccc32)cc1. The molecule has 5 nitrogen and oxygen atoms in total. The molecular formula is C21H27NO4S. The second-order valence-electron chi connectivity index (χ2n) is 8.10. The molecular weight excluding hydrogens is 362 g/mol. The summed E-state index contributed by atoms with van der Waals surface area (Å²) >= 11 is 0. The van der Waals surface area contributed by atoms with Crippen molar-refractivity contribution >= 4 is 15.7 Å². The van der Waals surface area contributed by atoms with Crippen molar-refractivity contribution in [1.29, 1.82) is 0 Å². The van der Waals surface area contributed by atoms with Crippen LogP contribution in [0, 0.1) is 5.41 Å². The topological polar surface area (TPSA) is 55.8 Å². The molecule has 1 aliphatic heterocycles. The number of hydrogen-bond donors (Lipinski definition) is 0. The molecule has 0 N–H and O–H groups in total. The van der Waals surface area contributed by atoms with Crippen LogP contribution in [0.15, 0.2) is 47.4 Å². The highest BCUT2D eigenvalue weighted by atomic mass is 32.2. The van der Waals surface area contributed by atoms with Crippen molar-refractivity contribution in [2.75, 3.05) is 25.1 Å². The Kier molecular flexibility index (Phi) is 5.12.